The minimum Gasteiger partial charge on any atom is -0.450 e. The first-order valence-corrected chi connectivity index (χ1v) is 7.93. The number of nitrogens with one attached hydrogen (secondary N) is 1. The lowest BCUT2D eigenvalue weighted by Gasteiger charge is -2.33. The van der Waals surface area contributed by atoms with E-state index in [1.54, 1.807) is 0 Å². The molecule has 3 rings (SSSR count). The topological polar surface area (TPSA) is 84.7 Å². The SMILES string of the molecule is CN1C(=O)[C@H](NC(N)=O)Cc2ccc(F)c(Oc3cc(F)ccc3Cl)c21. The van der Waals surface area contributed by atoms with Crippen molar-refractivity contribution >= 4 is 29.2 Å². The molecule has 0 spiro atoms. The van der Waals surface area contributed by atoms with Gasteiger partial charge in [-0.05, 0) is 23.8 Å². The summed E-state index contributed by atoms with van der Waals surface area (Å²) in [5.74, 6) is -2.19. The molecule has 0 aromatic heterocycles. The van der Waals surface area contributed by atoms with Crippen molar-refractivity contribution in [1.82, 2.24) is 5.32 Å². The van der Waals surface area contributed by atoms with Gasteiger partial charge in [0.15, 0.2) is 11.6 Å². The van der Waals surface area contributed by atoms with E-state index in [1.807, 2.05) is 0 Å². The van der Waals surface area contributed by atoms with Crippen LogP contribution in [-0.2, 0) is 11.2 Å². The van der Waals surface area contributed by atoms with Crippen LogP contribution in [0.25, 0.3) is 0 Å². The van der Waals surface area contributed by atoms with Crippen LogP contribution in [0.5, 0.6) is 11.5 Å². The second-order valence-corrected chi connectivity index (χ2v) is 6.13. The highest BCUT2D eigenvalue weighted by molar-refractivity contribution is 6.32. The minimum absolute atomic E-state index is 0.0847. The number of halogens is 3. The molecular formula is C17H14ClF2N3O3. The molecule has 0 aliphatic carbocycles. The van der Waals surface area contributed by atoms with Crippen molar-refractivity contribution in [2.45, 2.75) is 12.5 Å². The molecule has 0 saturated carbocycles. The zero-order chi connectivity index (χ0) is 19.0. The van der Waals surface area contributed by atoms with Crippen LogP contribution < -0.4 is 20.7 Å². The summed E-state index contributed by atoms with van der Waals surface area (Å²) in [5.41, 5.74) is 5.81. The summed E-state index contributed by atoms with van der Waals surface area (Å²) in [7, 11) is 1.41. The lowest BCUT2D eigenvalue weighted by Crippen LogP contribution is -2.53. The number of nitrogens with zero attached hydrogens (tertiary/aromatic N) is 1. The van der Waals surface area contributed by atoms with Crippen molar-refractivity contribution in [3.05, 3.63) is 52.6 Å². The van der Waals surface area contributed by atoms with E-state index >= 15 is 0 Å². The van der Waals surface area contributed by atoms with Crippen molar-refractivity contribution < 1.29 is 23.1 Å². The van der Waals surface area contributed by atoms with E-state index in [9.17, 15) is 18.4 Å². The molecule has 6 nitrogen and oxygen atoms in total. The number of rotatable bonds is 3. The van der Waals surface area contributed by atoms with Gasteiger partial charge in [0.1, 0.15) is 17.6 Å². The molecule has 0 saturated heterocycles. The van der Waals surface area contributed by atoms with Gasteiger partial charge in [-0.3, -0.25) is 4.79 Å². The minimum atomic E-state index is -0.874. The standard InChI is InChI=1S/C17H14ClF2N3O3/c1-23-14-8(6-12(16(23)24)22-17(21)25)2-5-11(20)15(14)26-13-7-9(19)3-4-10(13)18/h2-5,7,12H,6H2,1H3,(H3,21,22,25)/t12-/m1/s1. The van der Waals surface area contributed by atoms with E-state index in [0.717, 1.165) is 23.1 Å². The molecule has 1 aliphatic rings. The summed E-state index contributed by atoms with van der Waals surface area (Å²) in [4.78, 5) is 24.7. The van der Waals surface area contributed by atoms with Crippen LogP contribution in [-0.4, -0.2) is 25.0 Å². The molecule has 1 atom stereocenters. The van der Waals surface area contributed by atoms with Crippen LogP contribution in [0, 0.1) is 11.6 Å². The van der Waals surface area contributed by atoms with Gasteiger partial charge in [0.25, 0.3) is 0 Å². The molecule has 0 fully saturated rings. The summed E-state index contributed by atoms with van der Waals surface area (Å²) >= 11 is 5.97. The number of urea groups is 1. The third-order valence-electron chi connectivity index (χ3n) is 3.98. The van der Waals surface area contributed by atoms with Crippen LogP contribution in [0.2, 0.25) is 5.02 Å². The molecule has 0 radical (unpaired) electrons. The van der Waals surface area contributed by atoms with Crippen molar-refractivity contribution in [2.24, 2.45) is 5.73 Å². The molecule has 3 N–H and O–H groups in total. The molecule has 3 amide bonds. The number of nitrogens with two attached hydrogens (primary N) is 1. The fourth-order valence-corrected chi connectivity index (χ4v) is 2.97. The van der Waals surface area contributed by atoms with Crippen molar-refractivity contribution in [1.29, 1.82) is 0 Å². The number of hydrogen-bond donors (Lipinski definition) is 2. The Morgan fingerprint density at radius 2 is 2.08 bits per heavy atom. The maximum atomic E-state index is 14.4. The molecule has 0 bridgehead atoms. The molecule has 9 heteroatoms. The van der Waals surface area contributed by atoms with Crippen molar-refractivity contribution in [2.75, 3.05) is 11.9 Å². The number of benzene rings is 2. The number of fused-ring (bicyclic) bond motifs is 1. The number of likely N-dealkylation sites (N-methyl/N-ethyl adjacent to an activating group) is 1. The Bertz CT molecular complexity index is 907. The van der Waals surface area contributed by atoms with Gasteiger partial charge in [0.05, 0.1) is 10.7 Å². The number of ether oxygens (including phenoxy) is 1. The molecule has 136 valence electrons. The largest absolute Gasteiger partial charge is 0.450 e. The first-order valence-electron chi connectivity index (χ1n) is 7.55. The van der Waals surface area contributed by atoms with Gasteiger partial charge in [-0.2, -0.15) is 0 Å². The predicted molar refractivity (Wildman–Crippen MR) is 91.5 cm³/mol. The molecule has 2 aromatic rings. The Labute approximate surface area is 152 Å². The summed E-state index contributed by atoms with van der Waals surface area (Å²) in [5, 5.41) is 2.43. The van der Waals surface area contributed by atoms with Gasteiger partial charge in [0.2, 0.25) is 5.91 Å². The van der Waals surface area contributed by atoms with E-state index in [0.29, 0.717) is 5.56 Å². The van der Waals surface area contributed by atoms with E-state index in [-0.39, 0.29) is 28.6 Å². The Morgan fingerprint density at radius 3 is 2.77 bits per heavy atom. The Kier molecular flexibility index (Phi) is 4.69. The molecule has 2 aromatic carbocycles. The van der Waals surface area contributed by atoms with E-state index in [1.165, 1.54) is 19.2 Å². The van der Waals surface area contributed by atoms with Gasteiger partial charge >= 0.3 is 6.03 Å². The smallest absolute Gasteiger partial charge is 0.312 e. The number of carbonyl (C=O) groups is 2. The first kappa shape index (κ1) is 17.9. The first-order chi connectivity index (χ1) is 12.3. The third kappa shape index (κ3) is 3.28. The molecule has 0 unspecified atom stereocenters. The maximum absolute atomic E-state index is 14.4. The number of hydrogen-bond acceptors (Lipinski definition) is 3. The molecule has 1 heterocycles. The van der Waals surface area contributed by atoms with Crippen LogP contribution in [0.15, 0.2) is 30.3 Å². The monoisotopic (exact) mass is 381 g/mol. The van der Waals surface area contributed by atoms with E-state index in [4.69, 9.17) is 22.1 Å². The lowest BCUT2D eigenvalue weighted by molar-refractivity contribution is -0.120. The van der Waals surface area contributed by atoms with Crippen molar-refractivity contribution in [3.63, 3.8) is 0 Å². The van der Waals surface area contributed by atoms with E-state index in [2.05, 4.69) is 5.32 Å². The van der Waals surface area contributed by atoms with Crippen LogP contribution >= 0.6 is 11.6 Å². The molecular weight excluding hydrogens is 368 g/mol. The summed E-state index contributed by atoms with van der Waals surface area (Å²) < 4.78 is 33.4. The Balaban J connectivity index is 2.05. The van der Waals surface area contributed by atoms with Gasteiger partial charge < -0.3 is 20.7 Å². The maximum Gasteiger partial charge on any atom is 0.312 e. The quantitative estimate of drug-likeness (QED) is 0.857. The summed E-state index contributed by atoms with van der Waals surface area (Å²) in [6, 6.07) is 4.36. The fourth-order valence-electron chi connectivity index (χ4n) is 2.82. The molecule has 26 heavy (non-hydrogen) atoms. The zero-order valence-electron chi connectivity index (χ0n) is 13.6. The normalized spacial score (nSPS) is 16.2. The number of primary amides is 1. The second kappa shape index (κ2) is 6.80. The van der Waals surface area contributed by atoms with Crippen LogP contribution in [0.3, 0.4) is 0 Å². The number of anilines is 1. The lowest BCUT2D eigenvalue weighted by atomic mass is 9.96. The van der Waals surface area contributed by atoms with Gasteiger partial charge in [-0.15, -0.1) is 0 Å². The zero-order valence-corrected chi connectivity index (χ0v) is 14.3. The second-order valence-electron chi connectivity index (χ2n) is 5.72. The number of carbonyl (C=O) groups excluding carboxylic acids is 2. The van der Waals surface area contributed by atoms with E-state index < -0.39 is 29.6 Å². The summed E-state index contributed by atoms with van der Waals surface area (Å²) in [6.45, 7) is 0. The predicted octanol–water partition coefficient (Wildman–Crippen LogP) is 2.97. The van der Waals surface area contributed by atoms with Crippen LogP contribution in [0.4, 0.5) is 19.3 Å². The molecule has 1 aliphatic heterocycles. The summed E-state index contributed by atoms with van der Waals surface area (Å²) in [6.07, 6.45) is 0.106. The average Bonchev–Trinajstić information content (AvgIpc) is 2.57. The Hall–Kier alpha value is -2.87. The van der Waals surface area contributed by atoms with Crippen molar-refractivity contribution in [3.8, 4) is 11.5 Å². The number of amides is 3. The highest BCUT2D eigenvalue weighted by Crippen LogP contribution is 2.42. The van der Waals surface area contributed by atoms with Crippen LogP contribution in [0.1, 0.15) is 5.56 Å². The highest BCUT2D eigenvalue weighted by Gasteiger charge is 2.35. The fraction of sp³-hybridized carbons (Fsp3) is 0.176. The average molecular weight is 382 g/mol. The third-order valence-corrected chi connectivity index (χ3v) is 4.29. The Morgan fingerprint density at radius 1 is 1.35 bits per heavy atom. The van der Waals surface area contributed by atoms with Gasteiger partial charge in [-0.1, -0.05) is 17.7 Å². The van der Waals surface area contributed by atoms with Gasteiger partial charge in [-0.25, -0.2) is 13.6 Å². The van der Waals surface area contributed by atoms with Gasteiger partial charge in [0, 0.05) is 19.5 Å². The highest BCUT2D eigenvalue weighted by atomic mass is 35.5.